The number of amides is 3. The fraction of sp³-hybridized carbons (Fsp3) is 0.812. The molecule has 0 radical (unpaired) electrons. The highest BCUT2D eigenvalue weighted by Gasteiger charge is 2.21. The molecule has 0 spiro atoms. The van der Waals surface area contributed by atoms with Crippen LogP contribution in [-0.4, -0.2) is 42.1 Å². The highest BCUT2D eigenvalue weighted by Crippen LogP contribution is 2.17. The van der Waals surface area contributed by atoms with Gasteiger partial charge in [-0.15, -0.1) is 0 Å². The molecule has 1 rings (SSSR count). The third kappa shape index (κ3) is 8.42. The average molecular weight is 327 g/mol. The van der Waals surface area contributed by atoms with E-state index in [-0.39, 0.29) is 18.5 Å². The first kappa shape index (κ1) is 19.3. The standard InChI is InChI=1S/C16H29N3O4/c1-11(18-15(22)23-16(2,3)4)14(21)17-10-13(20)19-12-8-6-5-7-9-12/h11-12H,5-10H2,1-4H3,(H,17,21)(H,18,22)(H,19,20)/t11-/m0/s1. The van der Waals surface area contributed by atoms with E-state index in [0.717, 1.165) is 25.7 Å². The molecule has 0 unspecified atom stereocenters. The lowest BCUT2D eigenvalue weighted by atomic mass is 9.95. The first-order valence-electron chi connectivity index (χ1n) is 8.24. The van der Waals surface area contributed by atoms with Crippen molar-refractivity contribution in [1.82, 2.24) is 16.0 Å². The van der Waals surface area contributed by atoms with Gasteiger partial charge in [0.05, 0.1) is 6.54 Å². The highest BCUT2D eigenvalue weighted by molar-refractivity contribution is 5.89. The number of nitrogens with one attached hydrogen (secondary N) is 3. The monoisotopic (exact) mass is 327 g/mol. The minimum Gasteiger partial charge on any atom is -0.444 e. The van der Waals surface area contributed by atoms with E-state index >= 15 is 0 Å². The van der Waals surface area contributed by atoms with Crippen molar-refractivity contribution < 1.29 is 19.1 Å². The Labute approximate surface area is 137 Å². The molecule has 7 heteroatoms. The number of alkyl carbamates (subject to hydrolysis) is 1. The van der Waals surface area contributed by atoms with Gasteiger partial charge in [0.25, 0.3) is 0 Å². The van der Waals surface area contributed by atoms with Gasteiger partial charge in [0.15, 0.2) is 0 Å². The predicted molar refractivity (Wildman–Crippen MR) is 86.9 cm³/mol. The first-order valence-corrected chi connectivity index (χ1v) is 8.24. The third-order valence-corrected chi connectivity index (χ3v) is 3.52. The van der Waals surface area contributed by atoms with Crippen LogP contribution in [0.3, 0.4) is 0 Å². The fourth-order valence-electron chi connectivity index (χ4n) is 2.40. The Morgan fingerprint density at radius 1 is 1.13 bits per heavy atom. The minimum absolute atomic E-state index is 0.0876. The predicted octanol–water partition coefficient (Wildman–Crippen LogP) is 1.46. The van der Waals surface area contributed by atoms with Crippen LogP contribution in [0.2, 0.25) is 0 Å². The molecule has 0 saturated heterocycles. The van der Waals surface area contributed by atoms with Crippen molar-refractivity contribution >= 4 is 17.9 Å². The number of hydrogen-bond acceptors (Lipinski definition) is 4. The molecule has 3 N–H and O–H groups in total. The summed E-state index contributed by atoms with van der Waals surface area (Å²) in [6.45, 7) is 6.68. The third-order valence-electron chi connectivity index (χ3n) is 3.52. The van der Waals surface area contributed by atoms with E-state index < -0.39 is 23.6 Å². The molecule has 132 valence electrons. The largest absolute Gasteiger partial charge is 0.444 e. The molecular weight excluding hydrogens is 298 g/mol. The maximum Gasteiger partial charge on any atom is 0.408 e. The smallest absolute Gasteiger partial charge is 0.408 e. The topological polar surface area (TPSA) is 96.5 Å². The van der Waals surface area contributed by atoms with Gasteiger partial charge in [-0.3, -0.25) is 9.59 Å². The van der Waals surface area contributed by atoms with E-state index in [4.69, 9.17) is 4.74 Å². The maximum absolute atomic E-state index is 11.9. The van der Waals surface area contributed by atoms with Crippen molar-refractivity contribution in [2.24, 2.45) is 0 Å². The van der Waals surface area contributed by atoms with E-state index in [0.29, 0.717) is 0 Å². The zero-order valence-corrected chi connectivity index (χ0v) is 14.5. The van der Waals surface area contributed by atoms with E-state index in [1.54, 1.807) is 20.8 Å². The van der Waals surface area contributed by atoms with Crippen molar-refractivity contribution in [3.63, 3.8) is 0 Å². The summed E-state index contributed by atoms with van der Waals surface area (Å²) in [7, 11) is 0. The summed E-state index contributed by atoms with van der Waals surface area (Å²) >= 11 is 0. The Morgan fingerprint density at radius 3 is 2.30 bits per heavy atom. The number of carbonyl (C=O) groups is 3. The lowest BCUT2D eigenvalue weighted by molar-refractivity contribution is -0.127. The van der Waals surface area contributed by atoms with Crippen LogP contribution in [0.5, 0.6) is 0 Å². The summed E-state index contributed by atoms with van der Waals surface area (Å²) in [5.41, 5.74) is -0.625. The molecule has 0 bridgehead atoms. The van der Waals surface area contributed by atoms with E-state index in [2.05, 4.69) is 16.0 Å². The van der Waals surface area contributed by atoms with Gasteiger partial charge in [-0.05, 0) is 40.5 Å². The SMILES string of the molecule is C[C@H](NC(=O)OC(C)(C)C)C(=O)NCC(=O)NC1CCCCC1. The van der Waals surface area contributed by atoms with Gasteiger partial charge in [-0.1, -0.05) is 19.3 Å². The van der Waals surface area contributed by atoms with Crippen LogP contribution >= 0.6 is 0 Å². The summed E-state index contributed by atoms with van der Waals surface area (Å²) in [5, 5.41) is 7.87. The zero-order chi connectivity index (χ0) is 17.5. The van der Waals surface area contributed by atoms with Gasteiger partial charge in [-0.2, -0.15) is 0 Å². The van der Waals surface area contributed by atoms with Crippen molar-refractivity contribution in [2.45, 2.75) is 77.5 Å². The van der Waals surface area contributed by atoms with Gasteiger partial charge in [0.1, 0.15) is 11.6 Å². The van der Waals surface area contributed by atoms with Crippen molar-refractivity contribution in [3.8, 4) is 0 Å². The maximum atomic E-state index is 11.9. The molecule has 1 saturated carbocycles. The number of ether oxygens (including phenoxy) is 1. The minimum atomic E-state index is -0.771. The summed E-state index contributed by atoms with van der Waals surface area (Å²) in [4.78, 5) is 35.3. The van der Waals surface area contributed by atoms with Crippen LogP contribution in [0.15, 0.2) is 0 Å². The summed E-state index contributed by atoms with van der Waals surface area (Å²) in [6, 6.07) is -0.558. The lowest BCUT2D eigenvalue weighted by Crippen LogP contribution is -2.49. The summed E-state index contributed by atoms with van der Waals surface area (Å²) < 4.78 is 5.08. The lowest BCUT2D eigenvalue weighted by Gasteiger charge is -2.23. The molecule has 1 aliphatic carbocycles. The average Bonchev–Trinajstić information content (AvgIpc) is 2.43. The van der Waals surface area contributed by atoms with Crippen LogP contribution < -0.4 is 16.0 Å². The molecule has 1 atom stereocenters. The highest BCUT2D eigenvalue weighted by atomic mass is 16.6. The Hall–Kier alpha value is -1.79. The molecule has 23 heavy (non-hydrogen) atoms. The van der Waals surface area contributed by atoms with E-state index in [1.807, 2.05) is 0 Å². The Kier molecular flexibility index (Phi) is 7.32. The van der Waals surface area contributed by atoms with Gasteiger partial charge >= 0.3 is 6.09 Å². The van der Waals surface area contributed by atoms with Gasteiger partial charge in [0, 0.05) is 6.04 Å². The molecule has 0 heterocycles. The molecule has 0 aliphatic heterocycles. The Bertz CT molecular complexity index is 426. The quantitative estimate of drug-likeness (QED) is 0.712. The van der Waals surface area contributed by atoms with Gasteiger partial charge in [-0.25, -0.2) is 4.79 Å². The van der Waals surface area contributed by atoms with Crippen LogP contribution in [0.25, 0.3) is 0 Å². The molecular formula is C16H29N3O4. The zero-order valence-electron chi connectivity index (χ0n) is 14.5. The van der Waals surface area contributed by atoms with Crippen molar-refractivity contribution in [1.29, 1.82) is 0 Å². The van der Waals surface area contributed by atoms with Crippen molar-refractivity contribution in [3.05, 3.63) is 0 Å². The fourth-order valence-corrected chi connectivity index (χ4v) is 2.40. The van der Waals surface area contributed by atoms with Gasteiger partial charge < -0.3 is 20.7 Å². The second kappa shape index (κ2) is 8.74. The van der Waals surface area contributed by atoms with Gasteiger partial charge in [0.2, 0.25) is 11.8 Å². The Balaban J connectivity index is 2.26. The van der Waals surface area contributed by atoms with Crippen LogP contribution in [0.1, 0.15) is 59.8 Å². The number of rotatable bonds is 5. The molecule has 0 aromatic rings. The Morgan fingerprint density at radius 2 is 1.74 bits per heavy atom. The molecule has 7 nitrogen and oxygen atoms in total. The van der Waals surface area contributed by atoms with Crippen LogP contribution in [-0.2, 0) is 14.3 Å². The van der Waals surface area contributed by atoms with Crippen LogP contribution in [0.4, 0.5) is 4.79 Å². The first-order chi connectivity index (χ1) is 10.7. The number of hydrogen-bond donors (Lipinski definition) is 3. The van der Waals surface area contributed by atoms with Crippen molar-refractivity contribution in [2.75, 3.05) is 6.54 Å². The van der Waals surface area contributed by atoms with E-state index in [9.17, 15) is 14.4 Å². The molecule has 0 aromatic carbocycles. The van der Waals surface area contributed by atoms with Crippen LogP contribution in [0, 0.1) is 0 Å². The molecule has 3 amide bonds. The molecule has 1 fully saturated rings. The molecule has 0 aromatic heterocycles. The second-order valence-corrected chi connectivity index (χ2v) is 6.99. The van der Waals surface area contributed by atoms with E-state index in [1.165, 1.54) is 13.3 Å². The number of carbonyl (C=O) groups excluding carboxylic acids is 3. The summed E-state index contributed by atoms with van der Waals surface area (Å²) in [5.74, 6) is -0.621. The second-order valence-electron chi connectivity index (χ2n) is 6.99. The summed E-state index contributed by atoms with van der Waals surface area (Å²) in [6.07, 6.45) is 4.82. The molecule has 1 aliphatic rings. The normalized spacial score (nSPS) is 17.0.